The Morgan fingerprint density at radius 1 is 1.08 bits per heavy atom. The maximum Gasteiger partial charge on any atom is 0.284 e. The van der Waals surface area contributed by atoms with Gasteiger partial charge in [0.1, 0.15) is 0 Å². The highest BCUT2D eigenvalue weighted by Crippen LogP contribution is 2.14. The van der Waals surface area contributed by atoms with Crippen LogP contribution >= 0.6 is 0 Å². The first-order valence-electron chi connectivity index (χ1n) is 3.62. The zero-order chi connectivity index (χ0) is 10.7. The summed E-state index contributed by atoms with van der Waals surface area (Å²) in [6.07, 6.45) is 0.569. The molecule has 0 aliphatic heterocycles. The van der Waals surface area contributed by atoms with Crippen LogP contribution in [0.5, 0.6) is 0 Å². The van der Waals surface area contributed by atoms with E-state index in [0.29, 0.717) is 12.8 Å². The van der Waals surface area contributed by atoms with Gasteiger partial charge in [-0.2, -0.15) is 16.8 Å². The summed E-state index contributed by atoms with van der Waals surface area (Å²) >= 11 is 0. The van der Waals surface area contributed by atoms with Gasteiger partial charge in [-0.25, -0.2) is 0 Å². The molecule has 0 rings (SSSR count). The third-order valence-electron chi connectivity index (χ3n) is 1.46. The zero-order valence-electron chi connectivity index (χ0n) is 7.04. The molecule has 0 aromatic rings. The summed E-state index contributed by atoms with van der Waals surface area (Å²) in [6.45, 7) is 1.73. The van der Waals surface area contributed by atoms with Crippen molar-refractivity contribution in [2.24, 2.45) is 0 Å². The summed E-state index contributed by atoms with van der Waals surface area (Å²) in [5, 5.41) is 0. The number of hydrogen-bond donors (Lipinski definition) is 2. The summed E-state index contributed by atoms with van der Waals surface area (Å²) in [4.78, 5) is 0. The molecular formula is C5H12O6S2. The van der Waals surface area contributed by atoms with E-state index in [1.54, 1.807) is 6.92 Å². The fourth-order valence-electron chi connectivity index (χ4n) is 0.822. The van der Waals surface area contributed by atoms with Crippen LogP contribution in [-0.4, -0.2) is 30.5 Å². The van der Waals surface area contributed by atoms with Gasteiger partial charge in [0.25, 0.3) is 20.2 Å². The van der Waals surface area contributed by atoms with E-state index in [-0.39, 0.29) is 6.42 Å². The van der Waals surface area contributed by atoms with Gasteiger partial charge < -0.3 is 0 Å². The molecule has 0 aromatic heterocycles. The molecule has 0 aliphatic rings. The Morgan fingerprint density at radius 2 is 1.46 bits per heavy atom. The molecule has 80 valence electrons. The van der Waals surface area contributed by atoms with Gasteiger partial charge in [-0.3, -0.25) is 9.11 Å². The normalized spacial score (nSPS) is 13.5. The second kappa shape index (κ2) is 4.36. The lowest BCUT2D eigenvalue weighted by molar-refractivity contribution is 0.448. The molecule has 0 radical (unpaired) electrons. The quantitative estimate of drug-likeness (QED) is 0.659. The van der Waals surface area contributed by atoms with Gasteiger partial charge in [0.15, 0.2) is 0 Å². The van der Waals surface area contributed by atoms with Gasteiger partial charge in [0.05, 0.1) is 0 Å². The molecular weight excluding hydrogens is 220 g/mol. The Morgan fingerprint density at radius 3 is 1.69 bits per heavy atom. The van der Waals surface area contributed by atoms with Crippen molar-refractivity contribution in [1.82, 2.24) is 0 Å². The molecule has 0 bridgehead atoms. The van der Waals surface area contributed by atoms with Crippen molar-refractivity contribution in [2.75, 3.05) is 0 Å². The largest absolute Gasteiger partial charge is 0.284 e. The van der Waals surface area contributed by atoms with Crippen molar-refractivity contribution < 1.29 is 25.9 Å². The van der Waals surface area contributed by atoms with Crippen LogP contribution in [0.25, 0.3) is 0 Å². The summed E-state index contributed by atoms with van der Waals surface area (Å²) in [6, 6.07) is 0. The van der Waals surface area contributed by atoms with E-state index in [4.69, 9.17) is 9.11 Å². The van der Waals surface area contributed by atoms with Crippen molar-refractivity contribution in [2.45, 2.75) is 30.8 Å². The minimum absolute atomic E-state index is 0.296. The molecule has 13 heavy (non-hydrogen) atoms. The lowest BCUT2D eigenvalue weighted by atomic mass is 10.3. The molecule has 0 spiro atoms. The van der Waals surface area contributed by atoms with Gasteiger partial charge in [0.2, 0.25) is 4.58 Å². The van der Waals surface area contributed by atoms with E-state index in [1.807, 2.05) is 0 Å². The Bertz CT molecular complexity index is 307. The van der Waals surface area contributed by atoms with E-state index in [1.165, 1.54) is 0 Å². The van der Waals surface area contributed by atoms with Crippen molar-refractivity contribution in [3.05, 3.63) is 0 Å². The lowest BCUT2D eigenvalue weighted by Gasteiger charge is -2.08. The van der Waals surface area contributed by atoms with Crippen LogP contribution in [0.3, 0.4) is 0 Å². The van der Waals surface area contributed by atoms with Gasteiger partial charge >= 0.3 is 0 Å². The van der Waals surface area contributed by atoms with Gasteiger partial charge in [0, 0.05) is 0 Å². The molecule has 0 saturated heterocycles. The third-order valence-corrected chi connectivity index (χ3v) is 4.72. The predicted molar refractivity (Wildman–Crippen MR) is 46.4 cm³/mol. The maximum atomic E-state index is 10.5. The fraction of sp³-hybridized carbons (Fsp3) is 1.00. The number of unbranched alkanes of at least 4 members (excludes halogenated alkanes) is 1. The monoisotopic (exact) mass is 232 g/mol. The molecule has 0 unspecified atom stereocenters. The molecule has 2 N–H and O–H groups in total. The number of hydrogen-bond acceptors (Lipinski definition) is 4. The number of rotatable bonds is 5. The Hall–Kier alpha value is -0.180. The van der Waals surface area contributed by atoms with Crippen molar-refractivity contribution >= 4 is 20.2 Å². The molecule has 0 atom stereocenters. The zero-order valence-corrected chi connectivity index (χ0v) is 8.68. The van der Waals surface area contributed by atoms with Gasteiger partial charge in [-0.15, -0.1) is 0 Å². The fourth-order valence-corrected chi connectivity index (χ4v) is 2.98. The van der Waals surface area contributed by atoms with E-state index < -0.39 is 24.8 Å². The van der Waals surface area contributed by atoms with Crippen molar-refractivity contribution in [3.63, 3.8) is 0 Å². The van der Waals surface area contributed by atoms with E-state index in [2.05, 4.69) is 0 Å². The summed E-state index contributed by atoms with van der Waals surface area (Å²) < 4.78 is 56.8. The Labute approximate surface area is 77.5 Å². The van der Waals surface area contributed by atoms with Crippen LogP contribution in [0, 0.1) is 0 Å². The second-order valence-corrected chi connectivity index (χ2v) is 6.10. The highest BCUT2D eigenvalue weighted by Gasteiger charge is 2.34. The van der Waals surface area contributed by atoms with Crippen molar-refractivity contribution in [3.8, 4) is 0 Å². The Balaban J connectivity index is 4.81. The van der Waals surface area contributed by atoms with Gasteiger partial charge in [-0.05, 0) is 6.42 Å². The summed E-state index contributed by atoms with van der Waals surface area (Å²) in [5.41, 5.74) is 0. The van der Waals surface area contributed by atoms with E-state index >= 15 is 0 Å². The topological polar surface area (TPSA) is 109 Å². The van der Waals surface area contributed by atoms with Crippen LogP contribution < -0.4 is 0 Å². The van der Waals surface area contributed by atoms with Crippen LogP contribution in [0.4, 0.5) is 0 Å². The molecule has 6 nitrogen and oxygen atoms in total. The molecule has 0 amide bonds. The summed E-state index contributed by atoms with van der Waals surface area (Å²) in [5.74, 6) is 0. The first-order chi connectivity index (χ1) is 5.69. The van der Waals surface area contributed by atoms with Crippen LogP contribution in [0.1, 0.15) is 26.2 Å². The average molecular weight is 232 g/mol. The smallest absolute Gasteiger partial charge is 0.284 e. The Kier molecular flexibility index (Phi) is 4.30. The summed E-state index contributed by atoms with van der Waals surface area (Å²) in [7, 11) is -9.47. The highest BCUT2D eigenvalue weighted by molar-refractivity contribution is 8.03. The standard InChI is InChI=1S/C5H12O6S2/c1-2-3-4-5(12(6,7)8)13(9,10)11/h5H,2-4H2,1H3,(H,6,7,8)(H,9,10,11). The minimum atomic E-state index is -4.73. The van der Waals surface area contributed by atoms with Crippen molar-refractivity contribution in [1.29, 1.82) is 0 Å². The minimum Gasteiger partial charge on any atom is -0.284 e. The van der Waals surface area contributed by atoms with Crippen LogP contribution in [-0.2, 0) is 20.2 Å². The SMILES string of the molecule is CCCCC(S(=O)(=O)O)S(=O)(=O)O. The van der Waals surface area contributed by atoms with E-state index in [0.717, 1.165) is 0 Å². The highest BCUT2D eigenvalue weighted by atomic mass is 32.3. The predicted octanol–water partition coefficient (Wildman–Crippen LogP) is 0.278. The maximum absolute atomic E-state index is 10.5. The molecule has 0 aromatic carbocycles. The first kappa shape index (κ1) is 12.8. The molecule has 0 fully saturated rings. The van der Waals surface area contributed by atoms with Crippen LogP contribution in [0.2, 0.25) is 0 Å². The lowest BCUT2D eigenvalue weighted by Crippen LogP contribution is -2.29. The third kappa shape index (κ3) is 4.55. The van der Waals surface area contributed by atoms with Gasteiger partial charge in [-0.1, -0.05) is 19.8 Å². The van der Waals surface area contributed by atoms with E-state index in [9.17, 15) is 16.8 Å². The molecule has 0 aliphatic carbocycles. The molecule has 8 heteroatoms. The first-order valence-corrected chi connectivity index (χ1v) is 6.63. The van der Waals surface area contributed by atoms with Crippen LogP contribution in [0.15, 0.2) is 0 Å². The molecule has 0 heterocycles. The molecule has 0 saturated carbocycles. The average Bonchev–Trinajstić information content (AvgIpc) is 1.81. The second-order valence-electron chi connectivity index (χ2n) is 2.60.